The first-order valence-corrected chi connectivity index (χ1v) is 6.69. The Morgan fingerprint density at radius 1 is 1.30 bits per heavy atom. The zero-order valence-electron chi connectivity index (χ0n) is 12.5. The molecule has 0 aliphatic heterocycles. The van der Waals surface area contributed by atoms with E-state index in [9.17, 15) is 9.59 Å². The number of carbonyl (C=O) groups is 2. The van der Waals surface area contributed by atoms with Gasteiger partial charge in [-0.05, 0) is 13.3 Å². The number of carbonyl (C=O) groups excluding carboxylic acids is 2. The molecule has 0 aromatic carbocycles. The van der Waals surface area contributed by atoms with Gasteiger partial charge in [0.05, 0.1) is 0 Å². The van der Waals surface area contributed by atoms with Gasteiger partial charge in [-0.3, -0.25) is 10.1 Å². The van der Waals surface area contributed by atoms with Crippen molar-refractivity contribution in [3.63, 3.8) is 0 Å². The van der Waals surface area contributed by atoms with Gasteiger partial charge in [-0.2, -0.15) is 4.57 Å². The topological polar surface area (TPSA) is 65.3 Å². The summed E-state index contributed by atoms with van der Waals surface area (Å²) in [6.45, 7) is 3.97. The highest BCUT2D eigenvalue weighted by Gasteiger charge is 2.14. The summed E-state index contributed by atoms with van der Waals surface area (Å²) < 4.78 is 1.72. The molecule has 0 saturated heterocycles. The lowest BCUT2D eigenvalue weighted by Gasteiger charge is -2.11. The molecule has 20 heavy (non-hydrogen) atoms. The summed E-state index contributed by atoms with van der Waals surface area (Å²) >= 11 is 0. The van der Waals surface area contributed by atoms with Crippen LogP contribution in [0.15, 0.2) is 24.5 Å². The third-order valence-electron chi connectivity index (χ3n) is 2.96. The molecule has 0 fully saturated rings. The molecular formula is C14H23N4O2+. The monoisotopic (exact) mass is 279 g/mol. The predicted molar refractivity (Wildman–Crippen MR) is 77.4 cm³/mol. The maximum Gasteiger partial charge on any atom is 0.321 e. The predicted octanol–water partition coefficient (Wildman–Crippen LogP) is 0.664. The Hall–Kier alpha value is -2.11. The number of pyridine rings is 1. The van der Waals surface area contributed by atoms with E-state index < -0.39 is 6.03 Å². The molecule has 6 heteroatoms. The van der Waals surface area contributed by atoms with Crippen LogP contribution in [0, 0.1) is 0 Å². The Morgan fingerprint density at radius 3 is 2.40 bits per heavy atom. The minimum atomic E-state index is -0.449. The average Bonchev–Trinajstić information content (AvgIpc) is 2.38. The van der Waals surface area contributed by atoms with E-state index in [0.29, 0.717) is 0 Å². The molecule has 0 saturated carbocycles. The second-order valence-corrected chi connectivity index (χ2v) is 4.95. The van der Waals surface area contributed by atoms with E-state index >= 15 is 0 Å². The summed E-state index contributed by atoms with van der Waals surface area (Å²) in [4.78, 5) is 25.2. The summed E-state index contributed by atoms with van der Waals surface area (Å²) in [5.74, 6) is -0.339. The number of urea groups is 1. The fraction of sp³-hybridized carbons (Fsp3) is 0.500. The highest BCUT2D eigenvalue weighted by atomic mass is 16.2. The number of nitrogens with one attached hydrogen (secondary N) is 2. The fourth-order valence-electron chi connectivity index (χ4n) is 1.55. The summed E-state index contributed by atoms with van der Waals surface area (Å²) in [5.41, 5.74) is 1.05. The van der Waals surface area contributed by atoms with Crippen LogP contribution in [0.1, 0.15) is 20.3 Å². The number of nitrogens with zero attached hydrogens (tertiary/aromatic N) is 2. The number of aromatic nitrogens is 1. The van der Waals surface area contributed by atoms with Crippen molar-refractivity contribution in [3.05, 3.63) is 24.5 Å². The Balaban J connectivity index is 2.48. The van der Waals surface area contributed by atoms with E-state index in [-0.39, 0.29) is 18.5 Å². The van der Waals surface area contributed by atoms with Gasteiger partial charge < -0.3 is 10.2 Å². The van der Waals surface area contributed by atoms with Crippen LogP contribution in [0.5, 0.6) is 0 Å². The molecule has 2 N–H and O–H groups in total. The van der Waals surface area contributed by atoms with Crippen molar-refractivity contribution in [2.45, 2.75) is 32.9 Å². The maximum absolute atomic E-state index is 11.7. The van der Waals surface area contributed by atoms with Crippen molar-refractivity contribution in [1.29, 1.82) is 0 Å². The van der Waals surface area contributed by atoms with Crippen molar-refractivity contribution in [2.75, 3.05) is 19.0 Å². The van der Waals surface area contributed by atoms with Gasteiger partial charge in [0.15, 0.2) is 12.4 Å². The van der Waals surface area contributed by atoms with E-state index in [1.807, 2.05) is 57.4 Å². The van der Waals surface area contributed by atoms with Gasteiger partial charge in [-0.25, -0.2) is 4.79 Å². The van der Waals surface area contributed by atoms with Crippen LogP contribution >= 0.6 is 0 Å². The van der Waals surface area contributed by atoms with Crippen LogP contribution in [0.2, 0.25) is 0 Å². The lowest BCUT2D eigenvalue weighted by molar-refractivity contribution is -0.684. The zero-order valence-corrected chi connectivity index (χ0v) is 12.5. The molecule has 110 valence electrons. The third kappa shape index (κ3) is 5.26. The molecule has 0 aliphatic rings. The molecule has 1 heterocycles. The van der Waals surface area contributed by atoms with Crippen LogP contribution in [-0.2, 0) is 11.3 Å². The Labute approximate surface area is 119 Å². The first kappa shape index (κ1) is 15.9. The molecular weight excluding hydrogens is 256 g/mol. The second-order valence-electron chi connectivity index (χ2n) is 4.95. The largest absolute Gasteiger partial charge is 0.377 e. The minimum absolute atomic E-state index is 0.0508. The van der Waals surface area contributed by atoms with Gasteiger partial charge in [0.2, 0.25) is 6.54 Å². The summed E-state index contributed by atoms with van der Waals surface area (Å²) in [5, 5.41) is 4.99. The van der Waals surface area contributed by atoms with Crippen LogP contribution in [0.4, 0.5) is 10.5 Å². The van der Waals surface area contributed by atoms with Gasteiger partial charge >= 0.3 is 6.03 Å². The van der Waals surface area contributed by atoms with Crippen molar-refractivity contribution in [1.82, 2.24) is 10.6 Å². The highest BCUT2D eigenvalue weighted by Crippen LogP contribution is 2.05. The molecule has 1 aromatic heterocycles. The SMILES string of the molecule is CC[C@@H](C)NC(=O)NC(=O)C[n+]1ccc(N(C)C)cc1. The van der Waals surface area contributed by atoms with Gasteiger partial charge in [0.25, 0.3) is 5.91 Å². The minimum Gasteiger partial charge on any atom is -0.377 e. The molecule has 0 radical (unpaired) electrons. The first-order valence-electron chi connectivity index (χ1n) is 6.69. The smallest absolute Gasteiger partial charge is 0.321 e. The number of rotatable bonds is 5. The number of amides is 3. The number of imide groups is 1. The van der Waals surface area contributed by atoms with Gasteiger partial charge in [0, 0.05) is 38.0 Å². The molecule has 1 atom stereocenters. The van der Waals surface area contributed by atoms with Gasteiger partial charge in [0.1, 0.15) is 0 Å². The first-order chi connectivity index (χ1) is 9.42. The highest BCUT2D eigenvalue weighted by molar-refractivity contribution is 5.93. The molecule has 0 unspecified atom stereocenters. The Bertz CT molecular complexity index is 457. The standard InChI is InChI=1S/C14H22N4O2/c1-5-11(2)15-14(20)16-13(19)10-18-8-6-12(7-9-18)17(3)4/h6-9,11H,5,10H2,1-4H3,(H-,15,16,19,20)/p+1/t11-/m1/s1. The van der Waals surface area contributed by atoms with Crippen LogP contribution < -0.4 is 20.1 Å². The Kier molecular flexibility index (Phi) is 5.96. The number of hydrogen-bond donors (Lipinski definition) is 2. The number of hydrogen-bond acceptors (Lipinski definition) is 3. The molecule has 0 spiro atoms. The van der Waals surface area contributed by atoms with Crippen molar-refractivity contribution in [2.24, 2.45) is 0 Å². The third-order valence-corrected chi connectivity index (χ3v) is 2.96. The van der Waals surface area contributed by atoms with Crippen LogP contribution in [-0.4, -0.2) is 32.1 Å². The molecule has 1 aromatic rings. The lowest BCUT2D eigenvalue weighted by Crippen LogP contribution is -2.48. The molecule has 1 rings (SSSR count). The summed E-state index contributed by atoms with van der Waals surface area (Å²) in [6, 6.07) is 3.42. The fourth-order valence-corrected chi connectivity index (χ4v) is 1.55. The molecule has 6 nitrogen and oxygen atoms in total. The van der Waals surface area contributed by atoms with Crippen LogP contribution in [0.25, 0.3) is 0 Å². The molecule has 0 aliphatic carbocycles. The zero-order chi connectivity index (χ0) is 15.1. The molecule has 0 bridgehead atoms. The quantitative estimate of drug-likeness (QED) is 0.778. The summed E-state index contributed by atoms with van der Waals surface area (Å²) in [7, 11) is 3.90. The maximum atomic E-state index is 11.7. The Morgan fingerprint density at radius 2 is 1.90 bits per heavy atom. The summed E-state index contributed by atoms with van der Waals surface area (Å²) in [6.07, 6.45) is 4.44. The lowest BCUT2D eigenvalue weighted by atomic mass is 10.3. The molecule has 3 amide bonds. The van der Waals surface area contributed by atoms with Crippen molar-refractivity contribution >= 4 is 17.6 Å². The normalized spacial score (nSPS) is 11.6. The average molecular weight is 279 g/mol. The van der Waals surface area contributed by atoms with Gasteiger partial charge in [-0.1, -0.05) is 6.92 Å². The van der Waals surface area contributed by atoms with Gasteiger partial charge in [-0.15, -0.1) is 0 Å². The van der Waals surface area contributed by atoms with Crippen LogP contribution in [0.3, 0.4) is 0 Å². The van der Waals surface area contributed by atoms with E-state index in [4.69, 9.17) is 0 Å². The van der Waals surface area contributed by atoms with E-state index in [0.717, 1.165) is 12.1 Å². The van der Waals surface area contributed by atoms with Crippen molar-refractivity contribution < 1.29 is 14.2 Å². The second kappa shape index (κ2) is 7.47. The van der Waals surface area contributed by atoms with Crippen molar-refractivity contribution in [3.8, 4) is 0 Å². The van der Waals surface area contributed by atoms with E-state index in [1.165, 1.54) is 0 Å². The number of anilines is 1. The van der Waals surface area contributed by atoms with E-state index in [1.54, 1.807) is 4.57 Å². The van der Waals surface area contributed by atoms with E-state index in [2.05, 4.69) is 10.6 Å².